The van der Waals surface area contributed by atoms with Crippen LogP contribution in [0.1, 0.15) is 11.3 Å². The molecule has 0 radical (unpaired) electrons. The van der Waals surface area contributed by atoms with Gasteiger partial charge in [-0.25, -0.2) is 0 Å². The number of alkyl halides is 3. The quantitative estimate of drug-likeness (QED) is 0.866. The third-order valence-corrected chi connectivity index (χ3v) is 4.28. The summed E-state index contributed by atoms with van der Waals surface area (Å²) in [4.78, 5) is 6.33. The molecule has 1 aliphatic heterocycles. The van der Waals surface area contributed by atoms with Crippen molar-refractivity contribution in [3.63, 3.8) is 0 Å². The number of pyridine rings is 1. The van der Waals surface area contributed by atoms with Gasteiger partial charge in [0.1, 0.15) is 0 Å². The lowest BCUT2D eigenvalue weighted by Crippen LogP contribution is -2.43. The molecule has 0 amide bonds. The smallest absolute Gasteiger partial charge is 0.367 e. The molecule has 1 saturated heterocycles. The molecule has 2 heterocycles. The van der Waals surface area contributed by atoms with Crippen molar-refractivity contribution in [3.8, 4) is 0 Å². The molecule has 0 unspecified atom stereocenters. The molecular formula is C15H15ClF3N3. The van der Waals surface area contributed by atoms with E-state index in [0.29, 0.717) is 21.6 Å². The fourth-order valence-corrected chi connectivity index (χ4v) is 2.98. The van der Waals surface area contributed by atoms with Crippen molar-refractivity contribution in [1.82, 2.24) is 10.3 Å². The van der Waals surface area contributed by atoms with Gasteiger partial charge in [0, 0.05) is 31.6 Å². The van der Waals surface area contributed by atoms with Crippen LogP contribution in [0.3, 0.4) is 0 Å². The van der Waals surface area contributed by atoms with Crippen molar-refractivity contribution in [2.24, 2.45) is 0 Å². The highest BCUT2D eigenvalue weighted by Gasteiger charge is 2.31. The molecule has 3 nitrogen and oxygen atoms in total. The van der Waals surface area contributed by atoms with Crippen LogP contribution in [0.5, 0.6) is 0 Å². The van der Waals surface area contributed by atoms with E-state index in [1.165, 1.54) is 6.07 Å². The Morgan fingerprint density at radius 3 is 2.55 bits per heavy atom. The monoisotopic (exact) mass is 329 g/mol. The molecular weight excluding hydrogens is 315 g/mol. The van der Waals surface area contributed by atoms with Crippen molar-refractivity contribution < 1.29 is 13.2 Å². The van der Waals surface area contributed by atoms with Gasteiger partial charge in [0.25, 0.3) is 0 Å². The number of rotatable bonds is 1. The number of halogens is 4. The Hall–Kier alpha value is -1.53. The largest absolute Gasteiger partial charge is 0.416 e. The van der Waals surface area contributed by atoms with Gasteiger partial charge in [0.15, 0.2) is 0 Å². The van der Waals surface area contributed by atoms with Gasteiger partial charge in [0.2, 0.25) is 0 Å². The first-order valence-electron chi connectivity index (χ1n) is 7.00. The summed E-state index contributed by atoms with van der Waals surface area (Å²) in [6, 6.07) is 3.64. The molecule has 2 aromatic rings. The van der Waals surface area contributed by atoms with E-state index in [-0.39, 0.29) is 0 Å². The zero-order valence-electron chi connectivity index (χ0n) is 12.0. The van der Waals surface area contributed by atoms with Crippen LogP contribution in [-0.2, 0) is 6.18 Å². The lowest BCUT2D eigenvalue weighted by atomic mass is 10.1. The standard InChI is InChI=1S/C15H15ClF3N3/c1-9-13(16)14(22-6-4-20-5-7-22)11-3-2-10(15(17,18)19)8-12(11)21-9/h2-3,8,20H,4-7H2,1H3. The molecule has 1 aromatic carbocycles. The average molecular weight is 330 g/mol. The van der Waals surface area contributed by atoms with Crippen molar-refractivity contribution in [3.05, 3.63) is 34.5 Å². The fraction of sp³-hybridized carbons (Fsp3) is 0.400. The fourth-order valence-electron chi connectivity index (χ4n) is 2.72. The number of anilines is 1. The van der Waals surface area contributed by atoms with Crippen molar-refractivity contribution >= 4 is 28.2 Å². The van der Waals surface area contributed by atoms with Crippen LogP contribution in [0.15, 0.2) is 18.2 Å². The second kappa shape index (κ2) is 5.59. The van der Waals surface area contributed by atoms with Crippen LogP contribution in [0.25, 0.3) is 10.9 Å². The highest BCUT2D eigenvalue weighted by atomic mass is 35.5. The maximum absolute atomic E-state index is 12.9. The molecule has 22 heavy (non-hydrogen) atoms. The van der Waals surface area contributed by atoms with Crippen LogP contribution >= 0.6 is 11.6 Å². The number of piperazine rings is 1. The van der Waals surface area contributed by atoms with E-state index >= 15 is 0 Å². The predicted octanol–water partition coefficient (Wildman–Crippen LogP) is 3.63. The van der Waals surface area contributed by atoms with Crippen LogP contribution in [0.4, 0.5) is 18.9 Å². The van der Waals surface area contributed by atoms with Gasteiger partial charge in [-0.2, -0.15) is 13.2 Å². The van der Waals surface area contributed by atoms with Crippen LogP contribution in [-0.4, -0.2) is 31.2 Å². The molecule has 0 atom stereocenters. The third kappa shape index (κ3) is 2.73. The topological polar surface area (TPSA) is 28.2 Å². The molecule has 118 valence electrons. The molecule has 3 rings (SSSR count). The van der Waals surface area contributed by atoms with Crippen molar-refractivity contribution in [1.29, 1.82) is 0 Å². The first-order chi connectivity index (χ1) is 10.4. The minimum Gasteiger partial charge on any atom is -0.367 e. The van der Waals surface area contributed by atoms with Crippen molar-refractivity contribution in [2.75, 3.05) is 31.1 Å². The molecule has 1 fully saturated rings. The normalized spacial score (nSPS) is 16.3. The molecule has 0 saturated carbocycles. The third-order valence-electron chi connectivity index (χ3n) is 3.83. The minimum atomic E-state index is -4.38. The number of hydrogen-bond donors (Lipinski definition) is 1. The van der Waals surface area contributed by atoms with Gasteiger partial charge in [0.05, 0.1) is 27.5 Å². The SMILES string of the molecule is Cc1nc2cc(C(F)(F)F)ccc2c(N2CCNCC2)c1Cl. The molecule has 1 aliphatic rings. The summed E-state index contributed by atoms with van der Waals surface area (Å²) in [5.41, 5.74) is 0.951. The second-order valence-corrected chi connectivity index (χ2v) is 5.70. The van der Waals surface area contributed by atoms with Crippen molar-refractivity contribution in [2.45, 2.75) is 13.1 Å². The number of nitrogens with zero attached hydrogens (tertiary/aromatic N) is 2. The number of aryl methyl sites for hydroxylation is 1. The number of nitrogens with one attached hydrogen (secondary N) is 1. The van der Waals surface area contributed by atoms with E-state index < -0.39 is 11.7 Å². The Kier molecular flexibility index (Phi) is 3.91. The first-order valence-corrected chi connectivity index (χ1v) is 7.38. The lowest BCUT2D eigenvalue weighted by Gasteiger charge is -2.31. The molecule has 0 aliphatic carbocycles. The van der Waals surface area contributed by atoms with Crippen LogP contribution in [0.2, 0.25) is 5.02 Å². The molecule has 7 heteroatoms. The van der Waals surface area contributed by atoms with Crippen LogP contribution in [0, 0.1) is 6.92 Å². The Morgan fingerprint density at radius 1 is 1.23 bits per heavy atom. The summed E-state index contributed by atoms with van der Waals surface area (Å²) in [6.07, 6.45) is -4.38. The molecule has 0 bridgehead atoms. The summed E-state index contributed by atoms with van der Waals surface area (Å²) in [5, 5.41) is 4.41. The Morgan fingerprint density at radius 2 is 1.91 bits per heavy atom. The summed E-state index contributed by atoms with van der Waals surface area (Å²) < 4.78 is 38.6. The van der Waals surface area contributed by atoms with Gasteiger partial charge in [-0.3, -0.25) is 4.98 Å². The number of hydrogen-bond acceptors (Lipinski definition) is 3. The summed E-state index contributed by atoms with van der Waals surface area (Å²) in [6.45, 7) is 4.88. The van der Waals surface area contributed by atoms with Crippen LogP contribution < -0.4 is 10.2 Å². The Labute approximate surface area is 131 Å². The average Bonchev–Trinajstić information content (AvgIpc) is 2.48. The van der Waals surface area contributed by atoms with E-state index in [0.717, 1.165) is 44.0 Å². The summed E-state index contributed by atoms with van der Waals surface area (Å²) >= 11 is 6.39. The maximum Gasteiger partial charge on any atom is 0.416 e. The van der Waals surface area contributed by atoms with Gasteiger partial charge in [-0.05, 0) is 19.1 Å². The number of fused-ring (bicyclic) bond motifs is 1. The van der Waals surface area contributed by atoms with E-state index in [2.05, 4.69) is 15.2 Å². The number of benzene rings is 1. The zero-order valence-corrected chi connectivity index (χ0v) is 12.7. The van der Waals surface area contributed by atoms with Gasteiger partial charge in [-0.15, -0.1) is 0 Å². The Balaban J connectivity index is 2.19. The molecule has 1 N–H and O–H groups in total. The lowest BCUT2D eigenvalue weighted by molar-refractivity contribution is -0.137. The maximum atomic E-state index is 12.9. The van der Waals surface area contributed by atoms with Gasteiger partial charge < -0.3 is 10.2 Å². The van der Waals surface area contributed by atoms with E-state index in [1.807, 2.05) is 0 Å². The predicted molar refractivity (Wildman–Crippen MR) is 81.6 cm³/mol. The Bertz CT molecular complexity index is 709. The summed E-state index contributed by atoms with van der Waals surface area (Å²) in [7, 11) is 0. The summed E-state index contributed by atoms with van der Waals surface area (Å²) in [5.74, 6) is 0. The first kappa shape index (κ1) is 15.4. The van der Waals surface area contributed by atoms with Gasteiger partial charge in [-0.1, -0.05) is 17.7 Å². The van der Waals surface area contributed by atoms with E-state index in [4.69, 9.17) is 11.6 Å². The second-order valence-electron chi connectivity index (χ2n) is 5.33. The number of aromatic nitrogens is 1. The zero-order chi connectivity index (χ0) is 15.9. The molecule has 1 aromatic heterocycles. The van der Waals surface area contributed by atoms with E-state index in [1.54, 1.807) is 6.92 Å². The van der Waals surface area contributed by atoms with Gasteiger partial charge >= 0.3 is 6.18 Å². The molecule has 0 spiro atoms. The highest BCUT2D eigenvalue weighted by Crippen LogP contribution is 2.38. The highest BCUT2D eigenvalue weighted by molar-refractivity contribution is 6.35. The minimum absolute atomic E-state index is 0.324. The van der Waals surface area contributed by atoms with E-state index in [9.17, 15) is 13.2 Å².